The summed E-state index contributed by atoms with van der Waals surface area (Å²) in [4.78, 5) is 9.94. The highest BCUT2D eigenvalue weighted by Gasteiger charge is 2.21. The Morgan fingerprint density at radius 3 is 2.79 bits per heavy atom. The van der Waals surface area contributed by atoms with Gasteiger partial charge in [0.25, 0.3) is 0 Å². The van der Waals surface area contributed by atoms with E-state index in [4.69, 9.17) is 0 Å². The van der Waals surface area contributed by atoms with Gasteiger partial charge in [0.05, 0.1) is 4.92 Å². The SMILES string of the molecule is O=[N+]([O-])c1ccc(NCCC2CC2)cc1OC(F)F. The van der Waals surface area contributed by atoms with E-state index < -0.39 is 23.0 Å². The molecule has 1 saturated carbocycles. The number of nitrogens with zero attached hydrogens (tertiary/aromatic N) is 1. The monoisotopic (exact) mass is 272 g/mol. The Morgan fingerprint density at radius 2 is 2.21 bits per heavy atom. The highest BCUT2D eigenvalue weighted by atomic mass is 19.3. The zero-order chi connectivity index (χ0) is 13.8. The first-order chi connectivity index (χ1) is 9.06. The number of hydrogen-bond donors (Lipinski definition) is 1. The average Bonchev–Trinajstić information content (AvgIpc) is 3.12. The van der Waals surface area contributed by atoms with Crippen LogP contribution in [0.5, 0.6) is 5.75 Å². The molecule has 1 aliphatic carbocycles. The zero-order valence-corrected chi connectivity index (χ0v) is 10.1. The van der Waals surface area contributed by atoms with Crippen LogP contribution >= 0.6 is 0 Å². The Labute approximate surface area is 108 Å². The summed E-state index contributed by atoms with van der Waals surface area (Å²) in [5.41, 5.74) is 0.0787. The van der Waals surface area contributed by atoms with Crippen molar-refractivity contribution in [3.05, 3.63) is 28.3 Å². The maximum atomic E-state index is 12.2. The van der Waals surface area contributed by atoms with E-state index in [1.54, 1.807) is 0 Å². The van der Waals surface area contributed by atoms with Crippen molar-refractivity contribution in [3.63, 3.8) is 0 Å². The van der Waals surface area contributed by atoms with Crippen LogP contribution in [0.2, 0.25) is 0 Å². The summed E-state index contributed by atoms with van der Waals surface area (Å²) in [7, 11) is 0. The van der Waals surface area contributed by atoms with Crippen LogP contribution in [0, 0.1) is 16.0 Å². The van der Waals surface area contributed by atoms with Gasteiger partial charge in [-0.25, -0.2) is 0 Å². The summed E-state index contributed by atoms with van der Waals surface area (Å²) in [6, 6.07) is 3.89. The highest BCUT2D eigenvalue weighted by molar-refractivity contribution is 5.58. The Bertz CT molecular complexity index is 464. The lowest BCUT2D eigenvalue weighted by molar-refractivity contribution is -0.386. The molecule has 0 radical (unpaired) electrons. The number of nitro benzene ring substituents is 1. The van der Waals surface area contributed by atoms with E-state index in [2.05, 4.69) is 10.1 Å². The third-order valence-electron chi connectivity index (χ3n) is 2.95. The molecule has 0 spiro atoms. The van der Waals surface area contributed by atoms with Crippen molar-refractivity contribution in [2.75, 3.05) is 11.9 Å². The van der Waals surface area contributed by atoms with E-state index in [0.29, 0.717) is 5.69 Å². The zero-order valence-electron chi connectivity index (χ0n) is 10.1. The largest absolute Gasteiger partial charge is 0.427 e. The lowest BCUT2D eigenvalue weighted by Gasteiger charge is -2.09. The number of nitrogens with one attached hydrogen (secondary N) is 1. The number of rotatable bonds is 7. The number of alkyl halides is 2. The summed E-state index contributed by atoms with van der Waals surface area (Å²) < 4.78 is 28.6. The fraction of sp³-hybridized carbons (Fsp3) is 0.500. The topological polar surface area (TPSA) is 64.4 Å². The Kier molecular flexibility index (Phi) is 4.13. The first kappa shape index (κ1) is 13.5. The number of benzene rings is 1. The summed E-state index contributed by atoms with van der Waals surface area (Å²) in [5.74, 6) is 0.332. The molecule has 0 unspecified atom stereocenters. The Balaban J connectivity index is 2.04. The van der Waals surface area contributed by atoms with Crippen molar-refractivity contribution in [2.24, 2.45) is 5.92 Å². The molecule has 1 aromatic rings. The van der Waals surface area contributed by atoms with Gasteiger partial charge in [0.1, 0.15) is 0 Å². The van der Waals surface area contributed by atoms with Gasteiger partial charge in [-0.05, 0) is 18.4 Å². The summed E-state index contributed by atoms with van der Waals surface area (Å²) in [6.45, 7) is -2.36. The van der Waals surface area contributed by atoms with Crippen molar-refractivity contribution in [3.8, 4) is 5.75 Å². The van der Waals surface area contributed by atoms with Crippen LogP contribution in [0.3, 0.4) is 0 Å². The number of ether oxygens (including phenoxy) is 1. The van der Waals surface area contributed by atoms with Gasteiger partial charge in [-0.3, -0.25) is 10.1 Å². The van der Waals surface area contributed by atoms with Gasteiger partial charge < -0.3 is 10.1 Å². The van der Waals surface area contributed by atoms with Crippen molar-refractivity contribution in [1.82, 2.24) is 0 Å². The molecule has 5 nitrogen and oxygen atoms in total. The van der Waals surface area contributed by atoms with Crippen LogP contribution in [0.15, 0.2) is 18.2 Å². The Hall–Kier alpha value is -1.92. The second-order valence-electron chi connectivity index (χ2n) is 4.48. The van der Waals surface area contributed by atoms with Gasteiger partial charge in [-0.2, -0.15) is 8.78 Å². The summed E-state index contributed by atoms with van der Waals surface area (Å²) in [5, 5.41) is 13.7. The Morgan fingerprint density at radius 1 is 1.47 bits per heavy atom. The van der Waals surface area contributed by atoms with Gasteiger partial charge in [0.2, 0.25) is 5.75 Å². The van der Waals surface area contributed by atoms with E-state index in [1.165, 1.54) is 25.0 Å². The minimum atomic E-state index is -3.08. The van der Waals surface area contributed by atoms with Crippen LogP contribution in [-0.4, -0.2) is 18.1 Å². The molecule has 0 heterocycles. The molecule has 0 saturated heterocycles. The third-order valence-corrected chi connectivity index (χ3v) is 2.95. The smallest absolute Gasteiger partial charge is 0.387 e. The van der Waals surface area contributed by atoms with E-state index >= 15 is 0 Å². The van der Waals surface area contributed by atoms with Gasteiger partial charge in [0, 0.05) is 24.4 Å². The molecule has 2 rings (SSSR count). The van der Waals surface area contributed by atoms with E-state index in [1.807, 2.05) is 0 Å². The molecule has 0 aromatic heterocycles. The molecule has 19 heavy (non-hydrogen) atoms. The van der Waals surface area contributed by atoms with Crippen molar-refractivity contribution in [2.45, 2.75) is 25.9 Å². The molecule has 1 aromatic carbocycles. The molecule has 1 aliphatic rings. The van der Waals surface area contributed by atoms with Gasteiger partial charge in [-0.15, -0.1) is 0 Å². The molecule has 7 heteroatoms. The van der Waals surface area contributed by atoms with Crippen molar-refractivity contribution >= 4 is 11.4 Å². The molecule has 0 bridgehead atoms. The lowest BCUT2D eigenvalue weighted by atomic mass is 10.2. The first-order valence-electron chi connectivity index (χ1n) is 6.03. The van der Waals surface area contributed by atoms with Gasteiger partial charge in [0.15, 0.2) is 0 Å². The summed E-state index contributed by atoms with van der Waals surface area (Å²) in [6.07, 6.45) is 3.49. The minimum Gasteiger partial charge on any atom is -0.427 e. The predicted octanol–water partition coefficient (Wildman–Crippen LogP) is 3.41. The standard InChI is InChI=1S/C12H14F2N2O3/c13-12(14)19-11-7-9(3-4-10(11)16(17)18)15-6-5-8-1-2-8/h3-4,7-8,12,15H,1-2,5-6H2. The first-order valence-corrected chi connectivity index (χ1v) is 6.03. The second kappa shape index (κ2) is 5.81. The lowest BCUT2D eigenvalue weighted by Crippen LogP contribution is -2.06. The molecular weight excluding hydrogens is 258 g/mol. The maximum Gasteiger partial charge on any atom is 0.387 e. The van der Waals surface area contributed by atoms with E-state index in [0.717, 1.165) is 24.9 Å². The number of hydrogen-bond acceptors (Lipinski definition) is 4. The highest BCUT2D eigenvalue weighted by Crippen LogP contribution is 2.33. The van der Waals surface area contributed by atoms with Gasteiger partial charge >= 0.3 is 12.3 Å². The maximum absolute atomic E-state index is 12.2. The molecule has 1 N–H and O–H groups in total. The van der Waals surface area contributed by atoms with E-state index in [9.17, 15) is 18.9 Å². The molecule has 0 atom stereocenters. The van der Waals surface area contributed by atoms with Gasteiger partial charge in [-0.1, -0.05) is 12.8 Å². The fourth-order valence-corrected chi connectivity index (χ4v) is 1.79. The predicted molar refractivity (Wildman–Crippen MR) is 65.6 cm³/mol. The van der Waals surface area contributed by atoms with Crippen LogP contribution in [0.1, 0.15) is 19.3 Å². The molecule has 0 aliphatic heterocycles. The third kappa shape index (κ3) is 4.04. The van der Waals surface area contributed by atoms with Crippen LogP contribution < -0.4 is 10.1 Å². The van der Waals surface area contributed by atoms with E-state index in [-0.39, 0.29) is 0 Å². The second-order valence-corrected chi connectivity index (χ2v) is 4.48. The fourth-order valence-electron chi connectivity index (χ4n) is 1.79. The van der Waals surface area contributed by atoms with Crippen LogP contribution in [0.25, 0.3) is 0 Å². The molecular formula is C12H14F2N2O3. The average molecular weight is 272 g/mol. The van der Waals surface area contributed by atoms with Crippen LogP contribution in [-0.2, 0) is 0 Å². The summed E-state index contributed by atoms with van der Waals surface area (Å²) >= 11 is 0. The normalized spacial score (nSPS) is 14.5. The van der Waals surface area contributed by atoms with Crippen molar-refractivity contribution < 1.29 is 18.4 Å². The number of nitro groups is 1. The molecule has 1 fully saturated rings. The quantitative estimate of drug-likeness (QED) is 0.610. The number of halogens is 2. The van der Waals surface area contributed by atoms with Crippen molar-refractivity contribution in [1.29, 1.82) is 0 Å². The minimum absolute atomic E-state index is 0.420. The molecule has 0 amide bonds. The number of anilines is 1. The molecule has 104 valence electrons. The van der Waals surface area contributed by atoms with Crippen LogP contribution in [0.4, 0.5) is 20.2 Å².